The Hall–Kier alpha value is -5.10. The average molecular weight is 711 g/mol. The highest BCUT2D eigenvalue weighted by molar-refractivity contribution is 6.74. The largest absolute Gasteiger partial charge is 0.452 e. The first-order valence-corrected chi connectivity index (χ1v) is 19.6. The second-order valence-electron chi connectivity index (χ2n) is 13.6. The molecule has 10 nitrogen and oxygen atoms in total. The molecule has 1 fully saturated rings. The molecule has 0 N–H and O–H groups in total. The molecule has 1 heterocycles. The smallest absolute Gasteiger partial charge is 0.340 e. The van der Waals surface area contributed by atoms with Crippen LogP contribution in [0.25, 0.3) is 0 Å². The maximum absolute atomic E-state index is 13.7. The van der Waals surface area contributed by atoms with Gasteiger partial charge in [-0.2, -0.15) is 0 Å². The summed E-state index contributed by atoms with van der Waals surface area (Å²) in [6.07, 6.45) is -7.24. The summed E-state index contributed by atoms with van der Waals surface area (Å²) in [6.45, 7) is 10.2. The lowest BCUT2D eigenvalue weighted by molar-refractivity contribution is -0.282. The van der Waals surface area contributed by atoms with Crippen LogP contribution in [0.3, 0.4) is 0 Å². The number of hydrogen-bond acceptors (Lipinski definition) is 10. The van der Waals surface area contributed by atoms with Gasteiger partial charge in [0, 0.05) is 0 Å². The highest BCUT2D eigenvalue weighted by Crippen LogP contribution is 2.38. The first-order chi connectivity index (χ1) is 24.3. The van der Waals surface area contributed by atoms with Gasteiger partial charge in [0.1, 0.15) is 6.10 Å². The molecule has 11 heteroatoms. The minimum absolute atomic E-state index is 0.124. The molecule has 5 atom stereocenters. The van der Waals surface area contributed by atoms with Crippen LogP contribution in [0.5, 0.6) is 0 Å². The Morgan fingerprint density at radius 2 is 0.863 bits per heavy atom. The highest BCUT2D eigenvalue weighted by Gasteiger charge is 2.55. The Labute approximate surface area is 298 Å². The van der Waals surface area contributed by atoms with Gasteiger partial charge in [-0.25, -0.2) is 19.2 Å². The van der Waals surface area contributed by atoms with E-state index in [2.05, 4.69) is 20.8 Å². The molecule has 0 aromatic heterocycles. The standard InChI is InChI=1S/C40H42O10Si/c1-40(2,3)51(4,5)45-26-31-32(47-35(41)27-18-10-6-11-19-27)33(48-36(42)28-20-12-7-13-21-28)34(49-37(43)29-22-14-8-15-23-29)39(46-31)50-38(44)30-24-16-9-17-25-30/h6-25,31-34,39H,26H2,1-5H3/t31-,32-,33+,34-,39?/m1/s1. The molecule has 51 heavy (non-hydrogen) atoms. The van der Waals surface area contributed by atoms with Crippen LogP contribution in [0, 0.1) is 0 Å². The minimum atomic E-state index is -2.44. The molecular weight excluding hydrogens is 669 g/mol. The summed E-state index contributed by atoms with van der Waals surface area (Å²) in [4.78, 5) is 54.5. The lowest BCUT2D eigenvalue weighted by Crippen LogP contribution is -2.63. The number of carbonyl (C=O) groups is 4. The summed E-state index contributed by atoms with van der Waals surface area (Å²) >= 11 is 0. The van der Waals surface area contributed by atoms with Crippen LogP contribution in [0.1, 0.15) is 62.2 Å². The third-order valence-corrected chi connectivity index (χ3v) is 13.5. The van der Waals surface area contributed by atoms with Gasteiger partial charge in [-0.1, -0.05) is 93.6 Å². The normalized spacial score (nSPS) is 20.5. The fraction of sp³-hybridized carbons (Fsp3) is 0.300. The fourth-order valence-corrected chi connectivity index (χ4v) is 6.08. The molecule has 1 unspecified atom stereocenters. The molecule has 0 spiro atoms. The Kier molecular flexibility index (Phi) is 11.9. The van der Waals surface area contributed by atoms with Crippen molar-refractivity contribution in [2.75, 3.05) is 6.61 Å². The van der Waals surface area contributed by atoms with Crippen molar-refractivity contribution in [1.82, 2.24) is 0 Å². The number of rotatable bonds is 11. The monoisotopic (exact) mass is 710 g/mol. The van der Waals surface area contributed by atoms with Crippen LogP contribution in [0.15, 0.2) is 121 Å². The van der Waals surface area contributed by atoms with Gasteiger partial charge >= 0.3 is 23.9 Å². The van der Waals surface area contributed by atoms with Crippen molar-refractivity contribution < 1.29 is 47.3 Å². The summed E-state index contributed by atoms with van der Waals surface area (Å²) in [6, 6.07) is 32.8. The van der Waals surface area contributed by atoms with Crippen molar-refractivity contribution >= 4 is 32.2 Å². The molecule has 0 bridgehead atoms. The lowest BCUT2D eigenvalue weighted by Gasteiger charge is -2.45. The van der Waals surface area contributed by atoms with Crippen molar-refractivity contribution in [2.45, 2.75) is 69.6 Å². The summed E-state index contributed by atoms with van der Waals surface area (Å²) in [5.74, 6) is -3.12. The predicted molar refractivity (Wildman–Crippen MR) is 191 cm³/mol. The van der Waals surface area contributed by atoms with Crippen molar-refractivity contribution in [3.05, 3.63) is 144 Å². The number of benzene rings is 4. The zero-order chi connectivity index (χ0) is 36.6. The van der Waals surface area contributed by atoms with Gasteiger partial charge in [0.05, 0.1) is 28.9 Å². The van der Waals surface area contributed by atoms with Gasteiger partial charge in [0.2, 0.25) is 12.4 Å². The summed E-state index contributed by atoms with van der Waals surface area (Å²) in [7, 11) is -2.44. The molecule has 0 radical (unpaired) electrons. The summed E-state index contributed by atoms with van der Waals surface area (Å²) < 4.78 is 37.1. The van der Waals surface area contributed by atoms with Crippen LogP contribution in [0.4, 0.5) is 0 Å². The van der Waals surface area contributed by atoms with E-state index in [1.807, 2.05) is 13.1 Å². The second kappa shape index (κ2) is 16.3. The van der Waals surface area contributed by atoms with E-state index in [0.29, 0.717) is 0 Å². The molecule has 5 rings (SSSR count). The van der Waals surface area contributed by atoms with E-state index < -0.39 is 62.9 Å². The quantitative estimate of drug-likeness (QED) is 0.0892. The number of hydrogen-bond donors (Lipinski definition) is 0. The fourth-order valence-electron chi connectivity index (χ4n) is 5.06. The molecule has 0 amide bonds. The molecule has 0 saturated carbocycles. The van der Waals surface area contributed by atoms with Crippen LogP contribution in [-0.4, -0.2) is 69.5 Å². The van der Waals surface area contributed by atoms with Crippen LogP contribution < -0.4 is 0 Å². The summed E-state index contributed by atoms with van der Waals surface area (Å²) in [5, 5.41) is -0.204. The van der Waals surface area contributed by atoms with Crippen molar-refractivity contribution in [2.24, 2.45) is 0 Å². The minimum Gasteiger partial charge on any atom is -0.452 e. The van der Waals surface area contributed by atoms with E-state index in [-0.39, 0.29) is 33.9 Å². The Morgan fingerprint density at radius 1 is 0.529 bits per heavy atom. The molecule has 0 aliphatic carbocycles. The predicted octanol–water partition coefficient (Wildman–Crippen LogP) is 7.27. The zero-order valence-corrected chi connectivity index (χ0v) is 30.2. The second-order valence-corrected chi connectivity index (χ2v) is 18.4. The van der Waals surface area contributed by atoms with Gasteiger partial charge in [-0.15, -0.1) is 0 Å². The molecular formula is C40H42O10Si. The lowest BCUT2D eigenvalue weighted by atomic mass is 9.97. The van der Waals surface area contributed by atoms with Crippen LogP contribution in [0.2, 0.25) is 18.1 Å². The maximum atomic E-state index is 13.7. The third-order valence-electron chi connectivity index (χ3n) is 9.00. The maximum Gasteiger partial charge on any atom is 0.340 e. The average Bonchev–Trinajstić information content (AvgIpc) is 3.13. The third kappa shape index (κ3) is 9.37. The van der Waals surface area contributed by atoms with Crippen LogP contribution >= 0.6 is 0 Å². The Morgan fingerprint density at radius 3 is 1.24 bits per heavy atom. The van der Waals surface area contributed by atoms with Gasteiger partial charge < -0.3 is 28.1 Å². The number of esters is 4. The molecule has 266 valence electrons. The highest BCUT2D eigenvalue weighted by atomic mass is 28.4. The molecule has 1 aliphatic rings. The van der Waals surface area contributed by atoms with E-state index in [1.54, 1.807) is 121 Å². The summed E-state index contributed by atoms with van der Waals surface area (Å²) in [5.41, 5.74) is 0.807. The van der Waals surface area contributed by atoms with Gasteiger partial charge in [0.25, 0.3) is 0 Å². The Balaban J connectivity index is 1.60. The zero-order valence-electron chi connectivity index (χ0n) is 29.2. The van der Waals surface area contributed by atoms with E-state index >= 15 is 0 Å². The van der Waals surface area contributed by atoms with E-state index in [9.17, 15) is 19.2 Å². The first kappa shape index (κ1) is 37.2. The van der Waals surface area contributed by atoms with Gasteiger partial charge in [-0.05, 0) is 66.7 Å². The molecule has 4 aromatic rings. The molecule has 1 saturated heterocycles. The van der Waals surface area contributed by atoms with Crippen molar-refractivity contribution in [3.63, 3.8) is 0 Å². The van der Waals surface area contributed by atoms with Crippen LogP contribution in [-0.2, 0) is 28.1 Å². The SMILES string of the molecule is CC(C)(C)[Si](C)(C)OC[C@H]1OC(OC(=O)c2ccccc2)[C@H](OC(=O)c2ccccc2)[C@@H](OC(=O)c2ccccc2)[C@@H]1OC(=O)c1ccccc1. The molecule has 4 aromatic carbocycles. The first-order valence-electron chi connectivity index (χ1n) is 16.7. The van der Waals surface area contributed by atoms with E-state index in [1.165, 1.54) is 0 Å². The van der Waals surface area contributed by atoms with Crippen molar-refractivity contribution in [1.29, 1.82) is 0 Å². The van der Waals surface area contributed by atoms with Crippen molar-refractivity contribution in [3.8, 4) is 0 Å². The Bertz CT molecular complexity index is 1780. The number of carbonyl (C=O) groups excluding carboxylic acids is 4. The van der Waals surface area contributed by atoms with Gasteiger partial charge in [0.15, 0.2) is 20.5 Å². The molecule has 1 aliphatic heterocycles. The number of ether oxygens (including phenoxy) is 5. The van der Waals surface area contributed by atoms with Gasteiger partial charge in [-0.3, -0.25) is 0 Å². The van der Waals surface area contributed by atoms with E-state index in [4.69, 9.17) is 28.1 Å². The topological polar surface area (TPSA) is 124 Å². The van der Waals surface area contributed by atoms with E-state index in [0.717, 1.165) is 0 Å².